The number of ketones is 1. The van der Waals surface area contributed by atoms with E-state index in [2.05, 4.69) is 6.58 Å². The van der Waals surface area contributed by atoms with Gasteiger partial charge in [0.15, 0.2) is 0 Å². The van der Waals surface area contributed by atoms with E-state index in [0.29, 0.717) is 30.2 Å². The van der Waals surface area contributed by atoms with Gasteiger partial charge in [0, 0.05) is 6.54 Å². The minimum Gasteiger partial charge on any atom is -0.492 e. The summed E-state index contributed by atoms with van der Waals surface area (Å²) in [4.78, 5) is 27.0. The summed E-state index contributed by atoms with van der Waals surface area (Å²) in [5.41, 5.74) is 1.28. The summed E-state index contributed by atoms with van der Waals surface area (Å²) in [7, 11) is -3.89. The quantitative estimate of drug-likeness (QED) is 0.312. The molecule has 0 spiro atoms. The van der Waals surface area contributed by atoms with Gasteiger partial charge >= 0.3 is 0 Å². The maximum Gasteiger partial charge on any atom is 0.299 e. The number of amides is 1. The molecule has 0 bridgehead atoms. The van der Waals surface area contributed by atoms with E-state index < -0.39 is 21.7 Å². The van der Waals surface area contributed by atoms with E-state index in [4.69, 9.17) is 9.47 Å². The summed E-state index contributed by atoms with van der Waals surface area (Å²) >= 11 is 0. The van der Waals surface area contributed by atoms with Crippen molar-refractivity contribution in [2.75, 3.05) is 18.1 Å². The van der Waals surface area contributed by atoms with E-state index in [1.165, 1.54) is 33.7 Å². The summed E-state index contributed by atoms with van der Waals surface area (Å²) < 4.78 is 39.6. The Hall–Kier alpha value is -3.95. The molecule has 1 atom stereocenters. The number of fused-ring (bicyclic) bond motifs is 1. The first-order valence-corrected chi connectivity index (χ1v) is 13.4. The van der Waals surface area contributed by atoms with Gasteiger partial charge in [0.1, 0.15) is 18.1 Å². The van der Waals surface area contributed by atoms with Crippen LogP contribution < -0.4 is 14.4 Å². The smallest absolute Gasteiger partial charge is 0.299 e. The molecule has 0 N–H and O–H groups in total. The van der Waals surface area contributed by atoms with E-state index in [-0.39, 0.29) is 29.7 Å². The van der Waals surface area contributed by atoms with Crippen molar-refractivity contribution in [3.8, 4) is 11.5 Å². The predicted molar refractivity (Wildman–Crippen MR) is 138 cm³/mol. The molecule has 2 heterocycles. The highest BCUT2D eigenvalue weighted by Gasteiger charge is 2.40. The Balaban J connectivity index is 1.36. The molecule has 1 amide bonds. The van der Waals surface area contributed by atoms with E-state index in [9.17, 15) is 18.0 Å². The van der Waals surface area contributed by atoms with Crippen LogP contribution in [0.2, 0.25) is 0 Å². The second-order valence-electron chi connectivity index (χ2n) is 8.86. The fraction of sp³-hybridized carbons (Fsp3) is 0.214. The van der Waals surface area contributed by atoms with Crippen LogP contribution in [0.1, 0.15) is 28.8 Å². The number of Topliss-reactive ketones (excluding diaryl/α,β-unsaturated/α-hetero) is 1. The van der Waals surface area contributed by atoms with Crippen molar-refractivity contribution in [1.29, 1.82) is 0 Å². The number of hydrogen-bond acceptors (Lipinski definition) is 6. The van der Waals surface area contributed by atoms with Crippen molar-refractivity contribution < 1.29 is 27.5 Å². The zero-order valence-electron chi connectivity index (χ0n) is 20.1. The van der Waals surface area contributed by atoms with Crippen molar-refractivity contribution in [3.63, 3.8) is 0 Å². The van der Waals surface area contributed by atoms with E-state index in [1.807, 2.05) is 30.3 Å². The highest BCUT2D eigenvalue weighted by atomic mass is 32.2. The van der Waals surface area contributed by atoms with Crippen molar-refractivity contribution in [1.82, 2.24) is 4.31 Å². The molecule has 190 valence electrons. The standard InChI is InChI=1S/C28H26N2O6S/c1-2-35-23-12-10-20(11-13-23)18-29-26-15-14-24(17-25(26)27(31)28(29)32)37(33,34)30-16-6-7-21(30)19-36-22-8-4-3-5-9-22/h2-5,8-15,17,21H,1,6-7,16,18-19H2/t21-/m0/s1. The van der Waals surface area contributed by atoms with Crippen LogP contribution in [0, 0.1) is 0 Å². The average molecular weight is 519 g/mol. The molecule has 0 saturated carbocycles. The number of nitrogens with zero attached hydrogens (tertiary/aromatic N) is 2. The summed E-state index contributed by atoms with van der Waals surface area (Å²) in [5, 5.41) is 0. The van der Waals surface area contributed by atoms with Crippen LogP contribution in [0.4, 0.5) is 5.69 Å². The zero-order chi connectivity index (χ0) is 26.0. The number of rotatable bonds is 9. The van der Waals surface area contributed by atoms with Crippen LogP contribution in [0.15, 0.2) is 90.5 Å². The Morgan fingerprint density at radius 1 is 0.973 bits per heavy atom. The zero-order valence-corrected chi connectivity index (χ0v) is 20.9. The van der Waals surface area contributed by atoms with Gasteiger partial charge in [-0.15, -0.1) is 0 Å². The van der Waals surface area contributed by atoms with Gasteiger partial charge in [0.2, 0.25) is 10.0 Å². The molecule has 1 fully saturated rings. The number of carbonyl (C=O) groups excluding carboxylic acids is 2. The van der Waals surface area contributed by atoms with Gasteiger partial charge in [-0.05, 0) is 60.9 Å². The molecular weight excluding hydrogens is 492 g/mol. The molecule has 1 saturated heterocycles. The number of ether oxygens (including phenoxy) is 2. The lowest BCUT2D eigenvalue weighted by Gasteiger charge is -2.24. The number of sulfonamides is 1. The second-order valence-corrected chi connectivity index (χ2v) is 10.8. The first kappa shape index (κ1) is 24.7. The minimum atomic E-state index is -3.89. The summed E-state index contributed by atoms with van der Waals surface area (Å²) in [6.07, 6.45) is 2.72. The molecule has 37 heavy (non-hydrogen) atoms. The molecule has 0 unspecified atom stereocenters. The first-order chi connectivity index (χ1) is 17.9. The highest BCUT2D eigenvalue weighted by molar-refractivity contribution is 7.89. The largest absolute Gasteiger partial charge is 0.492 e. The topological polar surface area (TPSA) is 93.2 Å². The molecule has 2 aliphatic rings. The number of anilines is 1. The molecule has 3 aromatic rings. The fourth-order valence-corrected chi connectivity index (χ4v) is 6.39. The highest BCUT2D eigenvalue weighted by Crippen LogP contribution is 2.35. The second kappa shape index (κ2) is 10.2. The third-order valence-electron chi connectivity index (χ3n) is 6.54. The Kier molecular flexibility index (Phi) is 6.82. The van der Waals surface area contributed by atoms with E-state index >= 15 is 0 Å². The van der Waals surface area contributed by atoms with Gasteiger partial charge in [0.25, 0.3) is 11.7 Å². The predicted octanol–water partition coefficient (Wildman–Crippen LogP) is 4.17. The normalized spacial score (nSPS) is 17.6. The van der Waals surface area contributed by atoms with Crippen LogP contribution >= 0.6 is 0 Å². The summed E-state index contributed by atoms with van der Waals surface area (Å²) in [5.74, 6) is -0.126. The number of benzene rings is 3. The lowest BCUT2D eigenvalue weighted by molar-refractivity contribution is -0.114. The van der Waals surface area contributed by atoms with Crippen LogP contribution in [-0.2, 0) is 21.4 Å². The number of hydrogen-bond donors (Lipinski definition) is 0. The van der Waals surface area contributed by atoms with Crippen molar-refractivity contribution >= 4 is 27.4 Å². The third-order valence-corrected chi connectivity index (χ3v) is 8.49. The monoisotopic (exact) mass is 518 g/mol. The van der Waals surface area contributed by atoms with Gasteiger partial charge < -0.3 is 14.4 Å². The Morgan fingerprint density at radius 2 is 1.73 bits per heavy atom. The molecule has 0 aliphatic carbocycles. The van der Waals surface area contributed by atoms with Crippen molar-refractivity contribution in [3.05, 3.63) is 96.8 Å². The van der Waals surface area contributed by atoms with Gasteiger partial charge in [0.05, 0.1) is 35.0 Å². The number of para-hydroxylation sites is 1. The van der Waals surface area contributed by atoms with Crippen LogP contribution in [0.3, 0.4) is 0 Å². The number of carbonyl (C=O) groups is 2. The van der Waals surface area contributed by atoms with Gasteiger partial charge in [-0.3, -0.25) is 9.59 Å². The average Bonchev–Trinajstić information content (AvgIpc) is 3.49. The molecule has 0 radical (unpaired) electrons. The molecule has 3 aromatic carbocycles. The van der Waals surface area contributed by atoms with E-state index in [0.717, 1.165) is 12.0 Å². The maximum absolute atomic E-state index is 13.5. The maximum atomic E-state index is 13.5. The summed E-state index contributed by atoms with van der Waals surface area (Å²) in [6, 6.07) is 20.3. The lowest BCUT2D eigenvalue weighted by atomic mass is 10.1. The Morgan fingerprint density at radius 3 is 2.46 bits per heavy atom. The van der Waals surface area contributed by atoms with Gasteiger partial charge in [-0.1, -0.05) is 36.9 Å². The molecule has 9 heteroatoms. The third kappa shape index (κ3) is 4.87. The van der Waals surface area contributed by atoms with Gasteiger partial charge in [-0.25, -0.2) is 8.42 Å². The van der Waals surface area contributed by atoms with Gasteiger partial charge in [-0.2, -0.15) is 4.31 Å². The van der Waals surface area contributed by atoms with Crippen LogP contribution in [0.25, 0.3) is 0 Å². The molecule has 5 rings (SSSR count). The Labute approximate surface area is 215 Å². The first-order valence-electron chi connectivity index (χ1n) is 11.9. The van der Waals surface area contributed by atoms with Crippen molar-refractivity contribution in [2.45, 2.75) is 30.3 Å². The molecular formula is C28H26N2O6S. The SMILES string of the molecule is C=COc1ccc(CN2C(=O)C(=O)c3cc(S(=O)(=O)N4CCC[C@H]4COc4ccccc4)ccc32)cc1. The van der Waals surface area contributed by atoms with Crippen LogP contribution in [-0.4, -0.2) is 43.6 Å². The van der Waals surface area contributed by atoms with Crippen molar-refractivity contribution in [2.24, 2.45) is 0 Å². The van der Waals surface area contributed by atoms with E-state index in [1.54, 1.807) is 24.3 Å². The Bertz CT molecular complexity index is 1440. The molecule has 8 nitrogen and oxygen atoms in total. The fourth-order valence-electron chi connectivity index (χ4n) is 4.69. The minimum absolute atomic E-state index is 0.00760. The summed E-state index contributed by atoms with van der Waals surface area (Å²) in [6.45, 7) is 4.29. The lowest BCUT2D eigenvalue weighted by Crippen LogP contribution is -2.39. The van der Waals surface area contributed by atoms with Crippen LogP contribution in [0.5, 0.6) is 11.5 Å². The molecule has 2 aliphatic heterocycles. The molecule has 0 aromatic heterocycles.